The first kappa shape index (κ1) is 17.2. The maximum atomic E-state index is 13.1. The molecule has 1 aliphatic heterocycles. The fourth-order valence-corrected chi connectivity index (χ4v) is 2.79. The molecule has 5 nitrogen and oxygen atoms in total. The fraction of sp³-hybridized carbons (Fsp3) is 0.385. The minimum absolute atomic E-state index is 0.129. The van der Waals surface area contributed by atoms with E-state index in [1.807, 2.05) is 0 Å². The zero-order valence-corrected chi connectivity index (χ0v) is 13.7. The Morgan fingerprint density at radius 3 is 2.41 bits per heavy atom. The number of aliphatic imine (C=N–C) groups is 1. The summed E-state index contributed by atoms with van der Waals surface area (Å²) in [7, 11) is -3.33. The zero-order valence-electron chi connectivity index (χ0n) is 11.4. The fourth-order valence-electron chi connectivity index (χ4n) is 1.97. The number of carbonyl (C=O) groups is 1. The van der Waals surface area contributed by atoms with Crippen LogP contribution in [0.3, 0.4) is 0 Å². The van der Waals surface area contributed by atoms with Crippen molar-refractivity contribution in [1.29, 1.82) is 0 Å². The molecule has 0 bridgehead atoms. The van der Waals surface area contributed by atoms with E-state index >= 15 is 0 Å². The number of Topliss-reactive ketones (excluding diaryl/α,β-unsaturated/α-hetero) is 1. The van der Waals surface area contributed by atoms with Crippen molar-refractivity contribution >= 4 is 44.7 Å². The molecule has 0 aliphatic carbocycles. The molecular weight excluding hydrogens is 356 g/mol. The normalized spacial score (nSPS) is 21.6. The van der Waals surface area contributed by atoms with E-state index in [0.717, 1.165) is 6.26 Å². The van der Waals surface area contributed by atoms with Crippen LogP contribution in [-0.4, -0.2) is 43.9 Å². The predicted molar refractivity (Wildman–Crippen MR) is 81.1 cm³/mol. The van der Waals surface area contributed by atoms with Crippen LogP contribution in [0.25, 0.3) is 0 Å². The Labute approximate surface area is 137 Å². The van der Waals surface area contributed by atoms with E-state index in [9.17, 15) is 17.6 Å². The molecule has 2 rings (SSSR count). The molecule has 1 heterocycles. The Hall–Kier alpha value is -1.18. The van der Waals surface area contributed by atoms with Crippen LogP contribution in [0.5, 0.6) is 0 Å². The van der Waals surface area contributed by atoms with Crippen molar-refractivity contribution in [3.8, 4) is 0 Å². The van der Waals surface area contributed by atoms with Gasteiger partial charge >= 0.3 is 0 Å². The lowest BCUT2D eigenvalue weighted by molar-refractivity contribution is -0.112. The van der Waals surface area contributed by atoms with Crippen LogP contribution in [0.15, 0.2) is 34.2 Å². The maximum Gasteiger partial charge on any atom is 0.257 e. The molecule has 9 heteroatoms. The predicted octanol–water partition coefficient (Wildman–Crippen LogP) is 2.27. The highest BCUT2D eigenvalue weighted by molar-refractivity contribution is 7.90. The summed E-state index contributed by atoms with van der Waals surface area (Å²) in [5.74, 6) is -1.06. The summed E-state index contributed by atoms with van der Waals surface area (Å²) in [6.45, 7) is -0.843. The summed E-state index contributed by atoms with van der Waals surface area (Å²) in [6, 6.07) is 4.84. The van der Waals surface area contributed by atoms with Crippen LogP contribution >= 0.6 is 23.2 Å². The van der Waals surface area contributed by atoms with Crippen molar-refractivity contribution < 1.29 is 22.3 Å². The highest BCUT2D eigenvalue weighted by Gasteiger charge is 2.36. The van der Waals surface area contributed by atoms with Gasteiger partial charge in [0.15, 0.2) is 20.8 Å². The molecule has 1 aromatic rings. The number of nitrogens with zero attached hydrogens (tertiary/aromatic N) is 1. The second-order valence-electron chi connectivity index (χ2n) is 4.70. The first-order chi connectivity index (χ1) is 10.2. The molecule has 1 aromatic carbocycles. The quantitative estimate of drug-likeness (QED) is 0.748. The summed E-state index contributed by atoms with van der Waals surface area (Å²) in [4.78, 5) is 14.3. The van der Waals surface area contributed by atoms with E-state index in [0.29, 0.717) is 5.56 Å². The number of rotatable bonds is 5. The van der Waals surface area contributed by atoms with Crippen molar-refractivity contribution in [1.82, 2.24) is 0 Å². The van der Waals surface area contributed by atoms with Gasteiger partial charge in [0.05, 0.1) is 4.90 Å². The monoisotopic (exact) mass is 367 g/mol. The number of halogens is 3. The smallest absolute Gasteiger partial charge is 0.257 e. The molecule has 0 unspecified atom stereocenters. The Bertz CT molecular complexity index is 703. The number of ether oxygens (including phenoxy) is 1. The van der Waals surface area contributed by atoms with Gasteiger partial charge in [-0.25, -0.2) is 17.8 Å². The first-order valence-corrected chi connectivity index (χ1v) is 8.93. The second-order valence-corrected chi connectivity index (χ2v) is 7.81. The maximum absolute atomic E-state index is 13.1. The minimum Gasteiger partial charge on any atom is -0.465 e. The van der Waals surface area contributed by atoms with Gasteiger partial charge in [-0.1, -0.05) is 35.3 Å². The van der Waals surface area contributed by atoms with Crippen LogP contribution in [0.1, 0.15) is 11.7 Å². The van der Waals surface area contributed by atoms with Gasteiger partial charge in [-0.2, -0.15) is 0 Å². The second kappa shape index (κ2) is 6.52. The van der Waals surface area contributed by atoms with Crippen molar-refractivity contribution in [2.45, 2.75) is 21.9 Å². The lowest BCUT2D eigenvalue weighted by Crippen LogP contribution is -2.21. The Balaban J connectivity index is 2.25. The van der Waals surface area contributed by atoms with Gasteiger partial charge in [0.2, 0.25) is 5.78 Å². The highest BCUT2D eigenvalue weighted by atomic mass is 35.5. The van der Waals surface area contributed by atoms with Crippen LogP contribution in [-0.2, 0) is 19.4 Å². The van der Waals surface area contributed by atoms with Gasteiger partial charge in [0, 0.05) is 6.26 Å². The van der Waals surface area contributed by atoms with Gasteiger partial charge in [0.25, 0.3) is 5.90 Å². The highest BCUT2D eigenvalue weighted by Crippen LogP contribution is 2.31. The third-order valence-corrected chi connectivity index (χ3v) is 4.60. The number of benzene rings is 1. The lowest BCUT2D eigenvalue weighted by Gasteiger charge is -2.16. The molecule has 0 fully saturated rings. The summed E-state index contributed by atoms with van der Waals surface area (Å²) < 4.78 is 41.3. The summed E-state index contributed by atoms with van der Waals surface area (Å²) in [5, 5.41) is 0. The van der Waals surface area contributed by atoms with Crippen molar-refractivity contribution in [3.63, 3.8) is 0 Å². The Morgan fingerprint density at radius 2 is 1.95 bits per heavy atom. The standard InChI is InChI=1S/C13H12Cl2FNO4S/c1-22(19,20)8-4-2-7(3-5-8)11-9(6-16)17-13(21-11)10(18)12(14)15/h2-5,9,11-12H,6H2,1H3/t9-,11+/m1/s1. The molecule has 22 heavy (non-hydrogen) atoms. The van der Waals surface area contributed by atoms with E-state index in [2.05, 4.69) is 4.99 Å². The molecule has 0 spiro atoms. The van der Waals surface area contributed by atoms with Crippen molar-refractivity contribution in [2.24, 2.45) is 4.99 Å². The molecule has 0 saturated carbocycles. The molecule has 0 aromatic heterocycles. The van der Waals surface area contributed by atoms with Gasteiger partial charge < -0.3 is 4.74 Å². The summed E-state index contributed by atoms with van der Waals surface area (Å²) >= 11 is 10.9. The van der Waals surface area contributed by atoms with Gasteiger partial charge in [-0.05, 0) is 17.7 Å². The number of ketones is 1. The minimum atomic E-state index is -3.33. The number of carbonyl (C=O) groups excluding carboxylic acids is 1. The molecular formula is C13H12Cl2FNO4S. The van der Waals surface area contributed by atoms with E-state index < -0.39 is 39.3 Å². The molecule has 2 atom stereocenters. The van der Waals surface area contributed by atoms with Crippen molar-refractivity contribution in [2.75, 3.05) is 12.9 Å². The number of sulfone groups is 1. The molecule has 0 amide bonds. The molecule has 0 radical (unpaired) electrons. The zero-order chi connectivity index (χ0) is 16.5. The van der Waals surface area contributed by atoms with Crippen LogP contribution < -0.4 is 0 Å². The van der Waals surface area contributed by atoms with Crippen LogP contribution in [0, 0.1) is 0 Å². The largest absolute Gasteiger partial charge is 0.465 e. The third kappa shape index (κ3) is 3.59. The molecule has 0 N–H and O–H groups in total. The first-order valence-electron chi connectivity index (χ1n) is 6.17. The topological polar surface area (TPSA) is 72.8 Å². The van der Waals surface area contributed by atoms with Gasteiger partial charge in [-0.3, -0.25) is 4.79 Å². The third-order valence-electron chi connectivity index (χ3n) is 3.08. The molecule has 1 aliphatic rings. The van der Waals surface area contributed by atoms with E-state index in [1.165, 1.54) is 24.3 Å². The Kier molecular flexibility index (Phi) is 5.09. The van der Waals surface area contributed by atoms with Crippen LogP contribution in [0.2, 0.25) is 0 Å². The molecule has 0 saturated heterocycles. The lowest BCUT2D eigenvalue weighted by atomic mass is 10.0. The van der Waals surface area contributed by atoms with E-state index in [1.54, 1.807) is 0 Å². The SMILES string of the molecule is CS(=O)(=O)c1ccc([C@@H]2OC(C(=O)C(Cl)Cl)=N[C@@H]2CF)cc1. The van der Waals surface area contributed by atoms with Crippen LogP contribution in [0.4, 0.5) is 4.39 Å². The average molecular weight is 368 g/mol. The van der Waals surface area contributed by atoms with E-state index in [-0.39, 0.29) is 10.8 Å². The number of hydrogen-bond acceptors (Lipinski definition) is 5. The van der Waals surface area contributed by atoms with Gasteiger partial charge in [-0.15, -0.1) is 0 Å². The number of hydrogen-bond donors (Lipinski definition) is 0. The Morgan fingerprint density at radius 1 is 1.36 bits per heavy atom. The summed E-state index contributed by atoms with van der Waals surface area (Å²) in [6.07, 6.45) is 0.254. The van der Waals surface area contributed by atoms with Gasteiger partial charge in [0.1, 0.15) is 12.7 Å². The number of alkyl halides is 3. The average Bonchev–Trinajstić information content (AvgIpc) is 2.89. The van der Waals surface area contributed by atoms with E-state index in [4.69, 9.17) is 27.9 Å². The molecule has 120 valence electrons. The summed E-state index contributed by atoms with van der Waals surface area (Å²) in [5.41, 5.74) is 0.502. The van der Waals surface area contributed by atoms with Crippen molar-refractivity contribution in [3.05, 3.63) is 29.8 Å².